The first-order valence-corrected chi connectivity index (χ1v) is 7.91. The van der Waals surface area contributed by atoms with Crippen molar-refractivity contribution < 1.29 is 4.79 Å². The second-order valence-electron chi connectivity index (χ2n) is 6.15. The van der Waals surface area contributed by atoms with Gasteiger partial charge in [0.05, 0.1) is 0 Å². The van der Waals surface area contributed by atoms with Crippen LogP contribution in [0, 0.1) is 19.8 Å². The second kappa shape index (κ2) is 7.72. The Morgan fingerprint density at radius 2 is 2.00 bits per heavy atom. The molecule has 1 aromatic carbocycles. The van der Waals surface area contributed by atoms with Crippen molar-refractivity contribution in [2.75, 3.05) is 11.9 Å². The monoisotopic (exact) mass is 312 g/mol. The number of amides is 1. The Labute approximate surface area is 137 Å². The Morgan fingerprint density at radius 3 is 2.70 bits per heavy atom. The van der Waals surface area contributed by atoms with E-state index in [0.29, 0.717) is 24.1 Å². The minimum absolute atomic E-state index is 0.170. The van der Waals surface area contributed by atoms with Gasteiger partial charge in [-0.2, -0.15) is 0 Å². The first-order valence-electron chi connectivity index (χ1n) is 7.91. The van der Waals surface area contributed by atoms with Crippen molar-refractivity contribution in [2.24, 2.45) is 5.92 Å². The van der Waals surface area contributed by atoms with Crippen LogP contribution in [0.15, 0.2) is 30.5 Å². The Balaban J connectivity index is 2.06. The minimum atomic E-state index is -0.170. The maximum Gasteiger partial charge on any atom is 0.270 e. The lowest BCUT2D eigenvalue weighted by molar-refractivity contribution is 0.0947. The standard InChI is InChI=1S/C18H24N4O/c1-12(2)7-9-19-17(23)16-8-10-20-18(22-16)21-15-6-5-13(3)11-14(15)4/h5-6,8,10-12H,7,9H2,1-4H3,(H,19,23)(H,20,21,22). The van der Waals surface area contributed by atoms with Crippen LogP contribution in [0.4, 0.5) is 11.6 Å². The number of anilines is 2. The summed E-state index contributed by atoms with van der Waals surface area (Å²) < 4.78 is 0. The van der Waals surface area contributed by atoms with Gasteiger partial charge in [0.1, 0.15) is 5.69 Å². The summed E-state index contributed by atoms with van der Waals surface area (Å²) in [6, 6.07) is 7.73. The minimum Gasteiger partial charge on any atom is -0.351 e. The average molecular weight is 312 g/mol. The maximum absolute atomic E-state index is 12.1. The van der Waals surface area contributed by atoms with Gasteiger partial charge in [-0.3, -0.25) is 4.79 Å². The zero-order valence-electron chi connectivity index (χ0n) is 14.2. The summed E-state index contributed by atoms with van der Waals surface area (Å²) in [6.45, 7) is 8.99. The highest BCUT2D eigenvalue weighted by atomic mass is 16.1. The summed E-state index contributed by atoms with van der Waals surface area (Å²) in [7, 11) is 0. The lowest BCUT2D eigenvalue weighted by atomic mass is 10.1. The van der Waals surface area contributed by atoms with Gasteiger partial charge in [-0.1, -0.05) is 31.5 Å². The molecule has 0 bridgehead atoms. The van der Waals surface area contributed by atoms with Crippen LogP contribution in [0.5, 0.6) is 0 Å². The number of carbonyl (C=O) groups is 1. The number of aromatic nitrogens is 2. The van der Waals surface area contributed by atoms with Crippen LogP contribution < -0.4 is 10.6 Å². The molecule has 0 fully saturated rings. The predicted molar refractivity (Wildman–Crippen MR) is 93.0 cm³/mol. The fourth-order valence-corrected chi connectivity index (χ4v) is 2.18. The van der Waals surface area contributed by atoms with Crippen LogP contribution in [0.25, 0.3) is 0 Å². The summed E-state index contributed by atoms with van der Waals surface area (Å²) in [5, 5.41) is 6.05. The molecule has 1 amide bonds. The van der Waals surface area contributed by atoms with Crippen LogP contribution >= 0.6 is 0 Å². The van der Waals surface area contributed by atoms with Crippen molar-refractivity contribution >= 4 is 17.5 Å². The second-order valence-corrected chi connectivity index (χ2v) is 6.15. The summed E-state index contributed by atoms with van der Waals surface area (Å²) in [5.41, 5.74) is 3.62. The first-order chi connectivity index (χ1) is 11.0. The van der Waals surface area contributed by atoms with Crippen molar-refractivity contribution in [3.05, 3.63) is 47.3 Å². The largest absolute Gasteiger partial charge is 0.351 e. The molecule has 0 saturated carbocycles. The van der Waals surface area contributed by atoms with Crippen LogP contribution in [0.2, 0.25) is 0 Å². The van der Waals surface area contributed by atoms with Crippen molar-refractivity contribution in [3.63, 3.8) is 0 Å². The molecular formula is C18H24N4O. The number of benzene rings is 1. The van der Waals surface area contributed by atoms with E-state index in [2.05, 4.69) is 47.4 Å². The van der Waals surface area contributed by atoms with Gasteiger partial charge in [0, 0.05) is 18.4 Å². The van der Waals surface area contributed by atoms with Gasteiger partial charge >= 0.3 is 0 Å². The molecule has 2 aromatic rings. The van der Waals surface area contributed by atoms with Crippen LogP contribution in [-0.4, -0.2) is 22.4 Å². The lowest BCUT2D eigenvalue weighted by Crippen LogP contribution is -2.26. The van der Waals surface area contributed by atoms with Crippen LogP contribution in [-0.2, 0) is 0 Å². The normalized spacial score (nSPS) is 10.7. The fraction of sp³-hybridized carbons (Fsp3) is 0.389. The SMILES string of the molecule is Cc1ccc(Nc2nccc(C(=O)NCCC(C)C)n2)c(C)c1. The van der Waals surface area contributed by atoms with Crippen molar-refractivity contribution in [1.29, 1.82) is 0 Å². The quantitative estimate of drug-likeness (QED) is 0.855. The van der Waals surface area contributed by atoms with Crippen molar-refractivity contribution in [2.45, 2.75) is 34.1 Å². The van der Waals surface area contributed by atoms with Gasteiger partial charge in [0.15, 0.2) is 0 Å². The molecule has 0 saturated heterocycles. The summed E-state index contributed by atoms with van der Waals surface area (Å²) in [6.07, 6.45) is 2.54. The molecule has 0 unspecified atom stereocenters. The Hall–Kier alpha value is -2.43. The number of hydrogen-bond acceptors (Lipinski definition) is 4. The number of nitrogens with zero attached hydrogens (tertiary/aromatic N) is 2. The smallest absolute Gasteiger partial charge is 0.270 e. The van der Waals surface area contributed by atoms with Crippen molar-refractivity contribution in [1.82, 2.24) is 15.3 Å². The van der Waals surface area contributed by atoms with Crippen LogP contribution in [0.3, 0.4) is 0 Å². The van der Waals surface area contributed by atoms with E-state index in [0.717, 1.165) is 17.7 Å². The third kappa shape index (κ3) is 5.06. The number of carbonyl (C=O) groups excluding carboxylic acids is 1. The molecule has 1 aromatic heterocycles. The van der Waals surface area contributed by atoms with Crippen LogP contribution in [0.1, 0.15) is 41.9 Å². The Morgan fingerprint density at radius 1 is 1.22 bits per heavy atom. The molecule has 23 heavy (non-hydrogen) atoms. The fourth-order valence-electron chi connectivity index (χ4n) is 2.18. The van der Waals surface area contributed by atoms with E-state index in [1.54, 1.807) is 12.3 Å². The molecule has 0 atom stereocenters. The zero-order valence-corrected chi connectivity index (χ0v) is 14.2. The van der Waals surface area contributed by atoms with E-state index in [1.807, 2.05) is 19.1 Å². The molecular weight excluding hydrogens is 288 g/mol. The molecule has 122 valence electrons. The summed E-state index contributed by atoms with van der Waals surface area (Å²) in [5.74, 6) is 0.813. The first kappa shape index (κ1) is 16.9. The lowest BCUT2D eigenvalue weighted by Gasteiger charge is -2.10. The average Bonchev–Trinajstić information content (AvgIpc) is 2.50. The molecule has 2 N–H and O–H groups in total. The predicted octanol–water partition coefficient (Wildman–Crippen LogP) is 3.61. The molecule has 0 aliphatic carbocycles. The van der Waals surface area contributed by atoms with E-state index < -0.39 is 0 Å². The Bertz CT molecular complexity index is 682. The maximum atomic E-state index is 12.1. The molecule has 5 nitrogen and oxygen atoms in total. The highest BCUT2D eigenvalue weighted by molar-refractivity contribution is 5.92. The van der Waals surface area contributed by atoms with Gasteiger partial charge in [-0.15, -0.1) is 0 Å². The zero-order chi connectivity index (χ0) is 16.8. The third-order valence-electron chi connectivity index (χ3n) is 3.52. The highest BCUT2D eigenvalue weighted by Crippen LogP contribution is 2.19. The highest BCUT2D eigenvalue weighted by Gasteiger charge is 2.09. The molecule has 0 aliphatic rings. The summed E-state index contributed by atoms with van der Waals surface area (Å²) in [4.78, 5) is 20.6. The van der Waals surface area contributed by atoms with Gasteiger partial charge < -0.3 is 10.6 Å². The van der Waals surface area contributed by atoms with Gasteiger partial charge in [-0.05, 0) is 43.9 Å². The van der Waals surface area contributed by atoms with Gasteiger partial charge in [-0.25, -0.2) is 9.97 Å². The topological polar surface area (TPSA) is 66.9 Å². The number of nitrogens with one attached hydrogen (secondary N) is 2. The van der Waals surface area contributed by atoms with E-state index in [9.17, 15) is 4.79 Å². The van der Waals surface area contributed by atoms with E-state index in [4.69, 9.17) is 0 Å². The number of hydrogen-bond donors (Lipinski definition) is 2. The van der Waals surface area contributed by atoms with E-state index >= 15 is 0 Å². The molecule has 5 heteroatoms. The molecule has 2 rings (SSSR count). The molecule has 0 aliphatic heterocycles. The van der Waals surface area contributed by atoms with E-state index in [1.165, 1.54) is 5.56 Å². The molecule has 1 heterocycles. The molecule has 0 spiro atoms. The third-order valence-corrected chi connectivity index (χ3v) is 3.52. The van der Waals surface area contributed by atoms with E-state index in [-0.39, 0.29) is 5.91 Å². The van der Waals surface area contributed by atoms with Gasteiger partial charge in [0.2, 0.25) is 5.95 Å². The Kier molecular flexibility index (Phi) is 5.68. The summed E-state index contributed by atoms with van der Waals surface area (Å²) >= 11 is 0. The van der Waals surface area contributed by atoms with Gasteiger partial charge in [0.25, 0.3) is 5.91 Å². The number of aryl methyl sites for hydroxylation is 2. The number of rotatable bonds is 6. The molecule has 0 radical (unpaired) electrons. The van der Waals surface area contributed by atoms with Crippen molar-refractivity contribution in [3.8, 4) is 0 Å².